The fraction of sp³-hybridized carbons (Fsp3) is 0.857. The fourth-order valence-electron chi connectivity index (χ4n) is 6.08. The average molecular weight is 413 g/mol. The zero-order valence-electron chi connectivity index (χ0n) is 20.1. The van der Waals surface area contributed by atoms with E-state index < -0.39 is 0 Å². The van der Waals surface area contributed by atoms with Crippen molar-refractivity contribution in [3.63, 3.8) is 0 Å². The molecule has 0 aromatic carbocycles. The molecular formula is C28H48N2. The Kier molecular flexibility index (Phi) is 10.7. The standard InChI is InChI=1S/C28H48N2/c1-3-5-6-7-8-10-24-11-13-25(14-12-24)17-20-28-29-21-27(22-30-28)26-18-15-23(9-4-2)16-19-26/h21-26H,3-20H2,1-2H3/t23-,24-,25-,26-. The van der Waals surface area contributed by atoms with Gasteiger partial charge >= 0.3 is 0 Å². The molecule has 0 N–H and O–H groups in total. The maximum absolute atomic E-state index is 4.76. The smallest absolute Gasteiger partial charge is 0.128 e. The molecule has 0 atom stereocenters. The highest BCUT2D eigenvalue weighted by Gasteiger charge is 2.23. The fourth-order valence-corrected chi connectivity index (χ4v) is 6.08. The van der Waals surface area contributed by atoms with Crippen LogP contribution in [0.5, 0.6) is 0 Å². The Balaban J connectivity index is 1.30. The molecule has 1 heterocycles. The third-order valence-electron chi connectivity index (χ3n) is 8.20. The number of unbranched alkanes of at least 4 members (excludes halogenated alkanes) is 4. The molecule has 2 heteroatoms. The van der Waals surface area contributed by atoms with E-state index >= 15 is 0 Å². The van der Waals surface area contributed by atoms with Crippen molar-refractivity contribution in [1.82, 2.24) is 9.97 Å². The van der Waals surface area contributed by atoms with Gasteiger partial charge in [-0.25, -0.2) is 9.97 Å². The normalized spacial score (nSPS) is 27.3. The molecule has 30 heavy (non-hydrogen) atoms. The molecule has 1 aromatic rings. The minimum Gasteiger partial charge on any atom is -0.241 e. The molecule has 0 radical (unpaired) electrons. The van der Waals surface area contributed by atoms with Gasteiger partial charge in [-0.3, -0.25) is 0 Å². The Labute approximate surface area is 187 Å². The van der Waals surface area contributed by atoms with E-state index in [1.807, 2.05) is 0 Å². The van der Waals surface area contributed by atoms with Crippen LogP contribution in [0, 0.1) is 17.8 Å². The molecule has 0 amide bonds. The third kappa shape index (κ3) is 7.97. The molecule has 2 aliphatic rings. The van der Waals surface area contributed by atoms with Gasteiger partial charge in [0.1, 0.15) is 5.82 Å². The van der Waals surface area contributed by atoms with Crippen LogP contribution in [-0.2, 0) is 6.42 Å². The minimum atomic E-state index is 0.712. The second-order valence-corrected chi connectivity index (χ2v) is 10.6. The van der Waals surface area contributed by atoms with Gasteiger partial charge in [-0.15, -0.1) is 0 Å². The molecule has 0 saturated heterocycles. The zero-order chi connectivity index (χ0) is 21.0. The van der Waals surface area contributed by atoms with E-state index in [-0.39, 0.29) is 0 Å². The largest absolute Gasteiger partial charge is 0.241 e. The van der Waals surface area contributed by atoms with Gasteiger partial charge in [0.2, 0.25) is 0 Å². The molecule has 0 aliphatic heterocycles. The van der Waals surface area contributed by atoms with E-state index in [1.54, 1.807) is 0 Å². The van der Waals surface area contributed by atoms with Crippen molar-refractivity contribution in [1.29, 1.82) is 0 Å². The van der Waals surface area contributed by atoms with Crippen LogP contribution in [0.25, 0.3) is 0 Å². The topological polar surface area (TPSA) is 25.8 Å². The number of aromatic nitrogens is 2. The third-order valence-corrected chi connectivity index (χ3v) is 8.20. The number of hydrogen-bond acceptors (Lipinski definition) is 2. The Bertz CT molecular complexity index is 551. The summed E-state index contributed by atoms with van der Waals surface area (Å²) in [5, 5.41) is 0. The Morgan fingerprint density at radius 3 is 1.83 bits per heavy atom. The molecule has 0 spiro atoms. The summed E-state index contributed by atoms with van der Waals surface area (Å²) in [7, 11) is 0. The minimum absolute atomic E-state index is 0.712. The SMILES string of the molecule is CCCCCCC[C@H]1CC[C@H](CCc2ncc([C@H]3CC[C@H](CCC)CC3)cn2)CC1. The highest BCUT2D eigenvalue weighted by atomic mass is 14.9. The molecule has 2 nitrogen and oxygen atoms in total. The Morgan fingerprint density at radius 2 is 1.20 bits per heavy atom. The van der Waals surface area contributed by atoms with Crippen LogP contribution in [0.4, 0.5) is 0 Å². The zero-order valence-corrected chi connectivity index (χ0v) is 20.1. The molecule has 3 rings (SSSR count). The van der Waals surface area contributed by atoms with Gasteiger partial charge in [-0.2, -0.15) is 0 Å². The predicted molar refractivity (Wildman–Crippen MR) is 129 cm³/mol. The van der Waals surface area contributed by atoms with Crippen LogP contribution in [-0.4, -0.2) is 9.97 Å². The monoisotopic (exact) mass is 412 g/mol. The van der Waals surface area contributed by atoms with Gasteiger partial charge in [0.25, 0.3) is 0 Å². The molecule has 2 saturated carbocycles. The summed E-state index contributed by atoms with van der Waals surface area (Å²) in [4.78, 5) is 9.52. The van der Waals surface area contributed by atoms with E-state index in [2.05, 4.69) is 26.2 Å². The van der Waals surface area contributed by atoms with Gasteiger partial charge in [0.15, 0.2) is 0 Å². The first-order valence-electron chi connectivity index (χ1n) is 13.6. The summed E-state index contributed by atoms with van der Waals surface area (Å²) in [6.45, 7) is 4.62. The van der Waals surface area contributed by atoms with Crippen molar-refractivity contribution in [2.75, 3.05) is 0 Å². The lowest BCUT2D eigenvalue weighted by molar-refractivity contribution is 0.248. The van der Waals surface area contributed by atoms with Crippen molar-refractivity contribution in [2.45, 2.75) is 135 Å². The summed E-state index contributed by atoms with van der Waals surface area (Å²) < 4.78 is 0. The maximum Gasteiger partial charge on any atom is 0.128 e. The summed E-state index contributed by atoms with van der Waals surface area (Å²) in [5.41, 5.74) is 1.40. The summed E-state index contributed by atoms with van der Waals surface area (Å²) in [5.74, 6) is 4.70. The Morgan fingerprint density at radius 1 is 0.633 bits per heavy atom. The van der Waals surface area contributed by atoms with Crippen molar-refractivity contribution in [3.05, 3.63) is 23.8 Å². The molecule has 0 bridgehead atoms. The maximum atomic E-state index is 4.76. The van der Waals surface area contributed by atoms with Crippen LogP contribution in [0.15, 0.2) is 12.4 Å². The molecule has 0 unspecified atom stereocenters. The first-order valence-corrected chi connectivity index (χ1v) is 13.6. The number of aryl methyl sites for hydroxylation is 1. The lowest BCUT2D eigenvalue weighted by atomic mass is 9.78. The predicted octanol–water partition coefficient (Wildman–Crippen LogP) is 8.65. The van der Waals surface area contributed by atoms with Crippen molar-refractivity contribution < 1.29 is 0 Å². The summed E-state index contributed by atoms with van der Waals surface area (Å²) in [6, 6.07) is 0. The Hall–Kier alpha value is -0.920. The summed E-state index contributed by atoms with van der Waals surface area (Å²) >= 11 is 0. The molecule has 1 aromatic heterocycles. The van der Waals surface area contributed by atoms with Crippen molar-refractivity contribution >= 4 is 0 Å². The van der Waals surface area contributed by atoms with Gasteiger partial charge in [0, 0.05) is 18.8 Å². The number of rotatable bonds is 12. The first-order chi connectivity index (χ1) is 14.8. The second kappa shape index (κ2) is 13.5. The highest BCUT2D eigenvalue weighted by molar-refractivity contribution is 5.13. The number of hydrogen-bond donors (Lipinski definition) is 0. The lowest BCUT2D eigenvalue weighted by Crippen LogP contribution is -2.16. The average Bonchev–Trinajstić information content (AvgIpc) is 2.79. The van der Waals surface area contributed by atoms with Gasteiger partial charge in [-0.1, -0.05) is 90.9 Å². The van der Waals surface area contributed by atoms with Crippen LogP contribution in [0.1, 0.15) is 140 Å². The second-order valence-electron chi connectivity index (χ2n) is 10.6. The highest BCUT2D eigenvalue weighted by Crippen LogP contribution is 2.37. The van der Waals surface area contributed by atoms with E-state index in [9.17, 15) is 0 Å². The van der Waals surface area contributed by atoms with E-state index in [4.69, 9.17) is 9.97 Å². The van der Waals surface area contributed by atoms with Crippen molar-refractivity contribution in [3.8, 4) is 0 Å². The number of nitrogens with zero attached hydrogens (tertiary/aromatic N) is 2. The molecular weight excluding hydrogens is 364 g/mol. The first kappa shape index (κ1) is 23.7. The van der Waals surface area contributed by atoms with Gasteiger partial charge in [0.05, 0.1) is 0 Å². The molecule has 2 aliphatic carbocycles. The summed E-state index contributed by atoms with van der Waals surface area (Å²) in [6.07, 6.45) is 29.4. The van der Waals surface area contributed by atoms with Crippen molar-refractivity contribution in [2.24, 2.45) is 17.8 Å². The van der Waals surface area contributed by atoms with Crippen LogP contribution < -0.4 is 0 Å². The molecule has 2 fully saturated rings. The van der Waals surface area contributed by atoms with Crippen LogP contribution in [0.2, 0.25) is 0 Å². The van der Waals surface area contributed by atoms with E-state index in [0.29, 0.717) is 5.92 Å². The van der Waals surface area contributed by atoms with E-state index in [1.165, 1.54) is 115 Å². The van der Waals surface area contributed by atoms with Crippen LogP contribution >= 0.6 is 0 Å². The lowest BCUT2D eigenvalue weighted by Gasteiger charge is -2.29. The van der Waals surface area contributed by atoms with Gasteiger partial charge < -0.3 is 0 Å². The van der Waals surface area contributed by atoms with E-state index in [0.717, 1.165) is 30.0 Å². The van der Waals surface area contributed by atoms with Crippen LogP contribution in [0.3, 0.4) is 0 Å². The van der Waals surface area contributed by atoms with Gasteiger partial charge in [-0.05, 0) is 61.3 Å². The quantitative estimate of drug-likeness (QED) is 0.321. The molecule has 170 valence electrons.